The fraction of sp³-hybridized carbons (Fsp3) is 0.650. The summed E-state index contributed by atoms with van der Waals surface area (Å²) in [6, 6.07) is 5.65. The summed E-state index contributed by atoms with van der Waals surface area (Å²) < 4.78 is 11.5. The number of benzene rings is 1. The molecule has 1 heterocycles. The van der Waals surface area contributed by atoms with Gasteiger partial charge in [-0.1, -0.05) is 38.4 Å². The van der Waals surface area contributed by atoms with E-state index in [0.29, 0.717) is 17.5 Å². The number of nitrogens with zero attached hydrogens (tertiary/aromatic N) is 1. The third kappa shape index (κ3) is 7.31. The molecule has 27 heavy (non-hydrogen) atoms. The molecule has 0 amide bonds. The lowest BCUT2D eigenvalue weighted by Gasteiger charge is -2.40. The summed E-state index contributed by atoms with van der Waals surface area (Å²) in [6.45, 7) is 9.06. The van der Waals surface area contributed by atoms with Gasteiger partial charge in [0.2, 0.25) is 0 Å². The molecule has 5 nitrogen and oxygen atoms in total. The van der Waals surface area contributed by atoms with Crippen molar-refractivity contribution in [1.82, 2.24) is 10.6 Å². The predicted molar refractivity (Wildman–Crippen MR) is 124 cm³/mol. The minimum atomic E-state index is 0. The smallest absolute Gasteiger partial charge is 0.191 e. The SMILES string of the molecule is CN=C(NCc1ccc(Cl)cc1OC)NCC1CCCOC1C(C)(C)C.I. The van der Waals surface area contributed by atoms with Crippen molar-refractivity contribution < 1.29 is 9.47 Å². The third-order valence-corrected chi connectivity index (χ3v) is 4.98. The van der Waals surface area contributed by atoms with Crippen LogP contribution in [0.1, 0.15) is 39.2 Å². The number of methoxy groups -OCH3 is 1. The first kappa shape index (κ1) is 24.3. The summed E-state index contributed by atoms with van der Waals surface area (Å²) in [5.74, 6) is 2.03. The summed E-state index contributed by atoms with van der Waals surface area (Å²) in [5.41, 5.74) is 1.17. The van der Waals surface area contributed by atoms with Gasteiger partial charge in [-0.2, -0.15) is 0 Å². The topological polar surface area (TPSA) is 54.9 Å². The zero-order valence-corrected chi connectivity index (χ0v) is 20.1. The molecular formula is C20H33ClIN3O2. The average Bonchev–Trinajstić information content (AvgIpc) is 2.62. The van der Waals surface area contributed by atoms with E-state index in [2.05, 4.69) is 36.4 Å². The second kappa shape index (κ2) is 11.3. The zero-order valence-electron chi connectivity index (χ0n) is 17.0. The van der Waals surface area contributed by atoms with Crippen molar-refractivity contribution in [3.05, 3.63) is 28.8 Å². The van der Waals surface area contributed by atoms with Gasteiger partial charge in [0.1, 0.15) is 5.75 Å². The molecule has 0 aromatic heterocycles. The van der Waals surface area contributed by atoms with Crippen LogP contribution < -0.4 is 15.4 Å². The van der Waals surface area contributed by atoms with E-state index >= 15 is 0 Å². The van der Waals surface area contributed by atoms with Crippen molar-refractivity contribution >= 4 is 41.5 Å². The molecule has 1 aliphatic heterocycles. The third-order valence-electron chi connectivity index (χ3n) is 4.75. The largest absolute Gasteiger partial charge is 0.496 e. The van der Waals surface area contributed by atoms with E-state index in [4.69, 9.17) is 21.1 Å². The second-order valence-electron chi connectivity index (χ2n) is 7.82. The monoisotopic (exact) mass is 509 g/mol. The molecule has 0 bridgehead atoms. The van der Waals surface area contributed by atoms with Gasteiger partial charge in [0, 0.05) is 43.2 Å². The molecule has 7 heteroatoms. The molecular weight excluding hydrogens is 477 g/mol. The van der Waals surface area contributed by atoms with Crippen LogP contribution in [0.15, 0.2) is 23.2 Å². The lowest BCUT2D eigenvalue weighted by atomic mass is 9.78. The second-order valence-corrected chi connectivity index (χ2v) is 8.26. The van der Waals surface area contributed by atoms with Gasteiger partial charge >= 0.3 is 0 Å². The molecule has 1 aliphatic rings. The number of hydrogen-bond donors (Lipinski definition) is 2. The van der Waals surface area contributed by atoms with Gasteiger partial charge in [-0.25, -0.2) is 0 Å². The van der Waals surface area contributed by atoms with Crippen LogP contribution in [-0.2, 0) is 11.3 Å². The van der Waals surface area contributed by atoms with Crippen molar-refractivity contribution in [1.29, 1.82) is 0 Å². The Labute approximate surface area is 185 Å². The quantitative estimate of drug-likeness (QED) is 0.349. The molecule has 2 rings (SSSR count). The Morgan fingerprint density at radius 2 is 2.07 bits per heavy atom. The lowest BCUT2D eigenvalue weighted by molar-refractivity contribution is -0.0835. The standard InChI is InChI=1S/C20H32ClN3O2.HI/c1-20(2,3)18-15(7-6-10-26-18)13-24-19(22-4)23-12-14-8-9-16(21)11-17(14)25-5;/h8-9,11,15,18H,6-7,10,12-13H2,1-5H3,(H2,22,23,24);1H. The minimum absolute atomic E-state index is 0. The van der Waals surface area contributed by atoms with Crippen LogP contribution in [-0.4, -0.2) is 39.4 Å². The molecule has 2 atom stereocenters. The first-order valence-corrected chi connectivity index (χ1v) is 9.61. The highest BCUT2D eigenvalue weighted by Crippen LogP contribution is 2.33. The Bertz CT molecular complexity index is 620. The van der Waals surface area contributed by atoms with Crippen molar-refractivity contribution in [2.24, 2.45) is 16.3 Å². The van der Waals surface area contributed by atoms with Crippen LogP contribution >= 0.6 is 35.6 Å². The van der Waals surface area contributed by atoms with Gasteiger partial charge in [-0.3, -0.25) is 4.99 Å². The highest BCUT2D eigenvalue weighted by Gasteiger charge is 2.35. The van der Waals surface area contributed by atoms with Gasteiger partial charge in [0.15, 0.2) is 5.96 Å². The maximum atomic E-state index is 6.06. The molecule has 1 fully saturated rings. The molecule has 0 saturated carbocycles. The van der Waals surface area contributed by atoms with Crippen molar-refractivity contribution in [2.45, 2.75) is 46.3 Å². The molecule has 1 saturated heterocycles. The number of guanidine groups is 1. The summed E-state index contributed by atoms with van der Waals surface area (Å²) in [7, 11) is 3.44. The van der Waals surface area contributed by atoms with E-state index in [1.165, 1.54) is 6.42 Å². The number of ether oxygens (including phenoxy) is 2. The summed E-state index contributed by atoms with van der Waals surface area (Å²) in [6.07, 6.45) is 2.56. The van der Waals surface area contributed by atoms with E-state index < -0.39 is 0 Å². The van der Waals surface area contributed by atoms with Crippen LogP contribution in [0, 0.1) is 11.3 Å². The van der Waals surface area contributed by atoms with Gasteiger partial charge in [0.05, 0.1) is 13.2 Å². The van der Waals surface area contributed by atoms with Crippen molar-refractivity contribution in [3.63, 3.8) is 0 Å². The molecule has 0 aliphatic carbocycles. The number of aliphatic imine (C=N–C) groups is 1. The van der Waals surface area contributed by atoms with Gasteiger partial charge in [0.25, 0.3) is 0 Å². The fourth-order valence-electron chi connectivity index (χ4n) is 3.50. The summed E-state index contributed by atoms with van der Waals surface area (Å²) in [4.78, 5) is 4.33. The lowest BCUT2D eigenvalue weighted by Crippen LogP contribution is -2.47. The van der Waals surface area contributed by atoms with Crippen molar-refractivity contribution in [3.8, 4) is 5.75 Å². The molecule has 0 radical (unpaired) electrons. The number of hydrogen-bond acceptors (Lipinski definition) is 3. The highest BCUT2D eigenvalue weighted by atomic mass is 127. The normalized spacial score (nSPS) is 20.6. The molecule has 2 unspecified atom stereocenters. The first-order chi connectivity index (χ1) is 12.3. The van der Waals surface area contributed by atoms with Crippen LogP contribution in [0.25, 0.3) is 0 Å². The van der Waals surface area contributed by atoms with E-state index in [0.717, 1.165) is 36.8 Å². The maximum Gasteiger partial charge on any atom is 0.191 e. The van der Waals surface area contributed by atoms with E-state index in [1.54, 1.807) is 14.2 Å². The van der Waals surface area contributed by atoms with Gasteiger partial charge in [-0.05, 0) is 30.4 Å². The van der Waals surface area contributed by atoms with E-state index in [1.807, 2.05) is 18.2 Å². The van der Waals surface area contributed by atoms with Crippen LogP contribution in [0.5, 0.6) is 5.75 Å². The number of rotatable bonds is 5. The first-order valence-electron chi connectivity index (χ1n) is 9.23. The molecule has 1 aromatic carbocycles. The van der Waals surface area contributed by atoms with Crippen LogP contribution in [0.3, 0.4) is 0 Å². The minimum Gasteiger partial charge on any atom is -0.496 e. The molecule has 0 spiro atoms. The zero-order chi connectivity index (χ0) is 19.2. The van der Waals surface area contributed by atoms with Gasteiger partial charge < -0.3 is 20.1 Å². The van der Waals surface area contributed by atoms with Gasteiger partial charge in [-0.15, -0.1) is 24.0 Å². The molecule has 2 N–H and O–H groups in total. The summed E-state index contributed by atoms with van der Waals surface area (Å²) in [5, 5.41) is 7.47. The van der Waals surface area contributed by atoms with E-state index in [-0.39, 0.29) is 35.5 Å². The molecule has 1 aromatic rings. The summed E-state index contributed by atoms with van der Waals surface area (Å²) >= 11 is 6.02. The molecule has 154 valence electrons. The Balaban J connectivity index is 0.00000364. The Morgan fingerprint density at radius 3 is 2.70 bits per heavy atom. The van der Waals surface area contributed by atoms with Crippen molar-refractivity contribution in [2.75, 3.05) is 27.3 Å². The van der Waals surface area contributed by atoms with Crippen LogP contribution in [0.4, 0.5) is 0 Å². The Kier molecular flexibility index (Phi) is 10.2. The average molecular weight is 510 g/mol. The van der Waals surface area contributed by atoms with Crippen LogP contribution in [0.2, 0.25) is 5.02 Å². The predicted octanol–water partition coefficient (Wildman–Crippen LogP) is 4.47. The maximum absolute atomic E-state index is 6.06. The highest BCUT2D eigenvalue weighted by molar-refractivity contribution is 14.0. The van der Waals surface area contributed by atoms with E-state index in [9.17, 15) is 0 Å². The Morgan fingerprint density at radius 1 is 1.33 bits per heavy atom. The fourth-order valence-corrected chi connectivity index (χ4v) is 3.66. The number of halogens is 2. The number of nitrogens with one attached hydrogen (secondary N) is 2. The Hall–Kier alpha value is -0.730.